The molecule has 20 heavy (non-hydrogen) atoms. The third kappa shape index (κ3) is 3.64. The number of methoxy groups -OCH3 is 1. The minimum Gasteiger partial charge on any atom is -0.487 e. The molecule has 0 unspecified atom stereocenters. The Kier molecular flexibility index (Phi) is 5.26. The first-order valence-electron chi connectivity index (χ1n) is 6.11. The molecule has 1 aromatic heterocycles. The Morgan fingerprint density at radius 3 is 2.80 bits per heavy atom. The van der Waals surface area contributed by atoms with Crippen molar-refractivity contribution in [2.24, 2.45) is 0 Å². The number of halogens is 2. The lowest BCUT2D eigenvalue weighted by molar-refractivity contribution is 0.294. The van der Waals surface area contributed by atoms with Gasteiger partial charge in [-0.2, -0.15) is 0 Å². The maximum absolute atomic E-state index is 5.97. The molecular weight excluding hydrogens is 342 g/mol. The summed E-state index contributed by atoms with van der Waals surface area (Å²) in [6, 6.07) is 9.57. The van der Waals surface area contributed by atoms with Crippen molar-refractivity contribution in [2.45, 2.75) is 19.4 Å². The Morgan fingerprint density at radius 1 is 1.30 bits per heavy atom. The standard InChI is InChI=1S/C15H15BrClNO2/c1-10-6-12(16)7-11(8-17)15(10)20-9-13-4-3-5-14(18-13)19-2/h3-7H,8-9H2,1-2H3. The van der Waals surface area contributed by atoms with Crippen molar-refractivity contribution in [3.63, 3.8) is 0 Å². The van der Waals surface area contributed by atoms with Gasteiger partial charge in [0.1, 0.15) is 12.4 Å². The summed E-state index contributed by atoms with van der Waals surface area (Å²) >= 11 is 9.43. The summed E-state index contributed by atoms with van der Waals surface area (Å²) in [5.41, 5.74) is 2.81. The molecule has 2 rings (SSSR count). The topological polar surface area (TPSA) is 31.4 Å². The molecule has 5 heteroatoms. The minimum absolute atomic E-state index is 0.379. The molecular formula is C15H15BrClNO2. The highest BCUT2D eigenvalue weighted by molar-refractivity contribution is 9.10. The van der Waals surface area contributed by atoms with Crippen LogP contribution in [-0.4, -0.2) is 12.1 Å². The Hall–Kier alpha value is -1.26. The summed E-state index contributed by atoms with van der Waals surface area (Å²) in [6.45, 7) is 2.37. The van der Waals surface area contributed by atoms with E-state index in [0.29, 0.717) is 18.4 Å². The van der Waals surface area contributed by atoms with Gasteiger partial charge in [-0.1, -0.05) is 22.0 Å². The van der Waals surface area contributed by atoms with Crippen LogP contribution in [0.15, 0.2) is 34.8 Å². The van der Waals surface area contributed by atoms with Crippen LogP contribution in [-0.2, 0) is 12.5 Å². The molecule has 0 aliphatic heterocycles. The van der Waals surface area contributed by atoms with Crippen molar-refractivity contribution in [3.05, 3.63) is 51.6 Å². The smallest absolute Gasteiger partial charge is 0.213 e. The number of alkyl halides is 1. The van der Waals surface area contributed by atoms with Gasteiger partial charge in [0, 0.05) is 16.1 Å². The van der Waals surface area contributed by atoms with Crippen molar-refractivity contribution in [1.82, 2.24) is 4.98 Å². The van der Waals surface area contributed by atoms with Gasteiger partial charge in [0.15, 0.2) is 0 Å². The van der Waals surface area contributed by atoms with E-state index in [4.69, 9.17) is 21.1 Å². The van der Waals surface area contributed by atoms with Gasteiger partial charge in [-0.25, -0.2) is 4.98 Å². The number of aromatic nitrogens is 1. The summed E-state index contributed by atoms with van der Waals surface area (Å²) in [6.07, 6.45) is 0. The zero-order valence-corrected chi connectivity index (χ0v) is 13.7. The zero-order chi connectivity index (χ0) is 14.5. The lowest BCUT2D eigenvalue weighted by Crippen LogP contribution is -2.02. The van der Waals surface area contributed by atoms with Crippen LogP contribution < -0.4 is 9.47 Å². The monoisotopic (exact) mass is 355 g/mol. The molecule has 0 N–H and O–H groups in total. The third-order valence-corrected chi connectivity index (χ3v) is 3.56. The second-order valence-electron chi connectivity index (χ2n) is 4.30. The Balaban J connectivity index is 2.18. The largest absolute Gasteiger partial charge is 0.487 e. The first-order valence-corrected chi connectivity index (χ1v) is 7.44. The Bertz CT molecular complexity index is 604. The maximum Gasteiger partial charge on any atom is 0.213 e. The van der Waals surface area contributed by atoms with Gasteiger partial charge in [0.05, 0.1) is 18.7 Å². The van der Waals surface area contributed by atoms with Crippen LogP contribution in [0.1, 0.15) is 16.8 Å². The van der Waals surface area contributed by atoms with Gasteiger partial charge in [0.25, 0.3) is 0 Å². The van der Waals surface area contributed by atoms with E-state index in [1.165, 1.54) is 0 Å². The average Bonchev–Trinajstić information content (AvgIpc) is 2.45. The van der Waals surface area contributed by atoms with Crippen LogP contribution in [0.3, 0.4) is 0 Å². The van der Waals surface area contributed by atoms with Crippen LogP contribution in [0.2, 0.25) is 0 Å². The number of hydrogen-bond donors (Lipinski definition) is 0. The number of aryl methyl sites for hydroxylation is 1. The maximum atomic E-state index is 5.97. The van der Waals surface area contributed by atoms with E-state index in [1.807, 2.05) is 31.2 Å². The van der Waals surface area contributed by atoms with Crippen molar-refractivity contribution >= 4 is 27.5 Å². The van der Waals surface area contributed by atoms with Gasteiger partial charge < -0.3 is 9.47 Å². The lowest BCUT2D eigenvalue weighted by atomic mass is 10.1. The molecule has 1 heterocycles. The Morgan fingerprint density at radius 2 is 2.10 bits per heavy atom. The van der Waals surface area contributed by atoms with E-state index in [9.17, 15) is 0 Å². The Labute approximate surface area is 132 Å². The highest BCUT2D eigenvalue weighted by Gasteiger charge is 2.09. The van der Waals surface area contributed by atoms with E-state index in [-0.39, 0.29) is 0 Å². The van der Waals surface area contributed by atoms with Gasteiger partial charge in [-0.3, -0.25) is 0 Å². The fourth-order valence-corrected chi connectivity index (χ4v) is 2.72. The minimum atomic E-state index is 0.379. The first kappa shape index (κ1) is 15.1. The van der Waals surface area contributed by atoms with Crippen LogP contribution in [0.5, 0.6) is 11.6 Å². The van der Waals surface area contributed by atoms with E-state index < -0.39 is 0 Å². The normalized spacial score (nSPS) is 10.4. The van der Waals surface area contributed by atoms with E-state index in [2.05, 4.69) is 20.9 Å². The SMILES string of the molecule is COc1cccc(COc2c(C)cc(Br)cc2CCl)n1. The molecule has 0 aliphatic carbocycles. The number of ether oxygens (including phenoxy) is 2. The molecule has 0 bridgehead atoms. The molecule has 0 radical (unpaired) electrons. The second kappa shape index (κ2) is 6.95. The molecule has 0 aliphatic rings. The number of pyridine rings is 1. The molecule has 3 nitrogen and oxygen atoms in total. The highest BCUT2D eigenvalue weighted by atomic mass is 79.9. The van der Waals surface area contributed by atoms with Gasteiger partial charge >= 0.3 is 0 Å². The number of benzene rings is 1. The molecule has 0 saturated carbocycles. The van der Waals surface area contributed by atoms with Crippen molar-refractivity contribution < 1.29 is 9.47 Å². The predicted molar refractivity (Wildman–Crippen MR) is 83.6 cm³/mol. The average molecular weight is 357 g/mol. The van der Waals surface area contributed by atoms with Crippen LogP contribution in [0, 0.1) is 6.92 Å². The van der Waals surface area contributed by atoms with Gasteiger partial charge in [-0.05, 0) is 30.7 Å². The molecule has 0 fully saturated rings. The van der Waals surface area contributed by atoms with E-state index >= 15 is 0 Å². The second-order valence-corrected chi connectivity index (χ2v) is 5.49. The molecule has 2 aromatic rings. The van der Waals surface area contributed by atoms with Crippen molar-refractivity contribution in [2.75, 3.05) is 7.11 Å². The third-order valence-electron chi connectivity index (χ3n) is 2.82. The zero-order valence-electron chi connectivity index (χ0n) is 11.3. The van der Waals surface area contributed by atoms with Crippen LogP contribution in [0.4, 0.5) is 0 Å². The van der Waals surface area contributed by atoms with E-state index in [1.54, 1.807) is 13.2 Å². The number of nitrogens with zero attached hydrogens (tertiary/aromatic N) is 1. The first-order chi connectivity index (χ1) is 9.63. The molecule has 106 valence electrons. The molecule has 0 saturated heterocycles. The summed E-state index contributed by atoms with van der Waals surface area (Å²) in [4.78, 5) is 4.32. The fourth-order valence-electron chi connectivity index (χ4n) is 1.90. The van der Waals surface area contributed by atoms with E-state index in [0.717, 1.165) is 27.0 Å². The predicted octanol–water partition coefficient (Wildman–Crippen LogP) is 4.48. The molecule has 0 spiro atoms. The van der Waals surface area contributed by atoms with Crippen LogP contribution in [0.25, 0.3) is 0 Å². The summed E-state index contributed by atoms with van der Waals surface area (Å²) in [7, 11) is 1.59. The quantitative estimate of drug-likeness (QED) is 0.740. The lowest BCUT2D eigenvalue weighted by Gasteiger charge is -2.13. The van der Waals surface area contributed by atoms with Crippen molar-refractivity contribution in [1.29, 1.82) is 0 Å². The van der Waals surface area contributed by atoms with Gasteiger partial charge in [0.2, 0.25) is 5.88 Å². The van der Waals surface area contributed by atoms with Crippen molar-refractivity contribution in [3.8, 4) is 11.6 Å². The molecule has 0 amide bonds. The fraction of sp³-hybridized carbons (Fsp3) is 0.267. The highest BCUT2D eigenvalue weighted by Crippen LogP contribution is 2.30. The van der Waals surface area contributed by atoms with Crippen LogP contribution >= 0.6 is 27.5 Å². The summed E-state index contributed by atoms with van der Waals surface area (Å²) < 4.78 is 12.0. The molecule has 1 aromatic carbocycles. The molecule has 0 atom stereocenters. The number of hydrogen-bond acceptors (Lipinski definition) is 3. The summed E-state index contributed by atoms with van der Waals surface area (Å²) in [5.74, 6) is 1.80. The van der Waals surface area contributed by atoms with Gasteiger partial charge in [-0.15, -0.1) is 11.6 Å². The number of rotatable bonds is 5. The summed E-state index contributed by atoms with van der Waals surface area (Å²) in [5, 5.41) is 0.